The highest BCUT2D eigenvalue weighted by Crippen LogP contribution is 2.25. The number of hydrogen-bond donors (Lipinski definition) is 2. The maximum atomic E-state index is 13.3. The van der Waals surface area contributed by atoms with Gasteiger partial charge in [-0.2, -0.15) is 0 Å². The number of rotatable bonds is 3. The summed E-state index contributed by atoms with van der Waals surface area (Å²) < 4.78 is 13.3. The third-order valence-electron chi connectivity index (χ3n) is 3.24. The number of benzene rings is 2. The highest BCUT2D eigenvalue weighted by molar-refractivity contribution is 6.33. The molecule has 1 aromatic heterocycles. The molecule has 2 N–H and O–H groups in total. The topological polar surface area (TPSA) is 57.8 Å². The lowest BCUT2D eigenvalue weighted by molar-refractivity contribution is 0.628. The first-order valence-corrected chi connectivity index (χ1v) is 7.29. The van der Waals surface area contributed by atoms with Crippen LogP contribution in [0, 0.1) is 12.7 Å². The van der Waals surface area contributed by atoms with Crippen LogP contribution in [0.15, 0.2) is 53.3 Å². The molecule has 0 atom stereocenters. The number of H-pyrrole nitrogens is 1. The van der Waals surface area contributed by atoms with Gasteiger partial charge in [0, 0.05) is 11.6 Å². The van der Waals surface area contributed by atoms with Gasteiger partial charge in [-0.15, -0.1) is 0 Å². The summed E-state index contributed by atoms with van der Waals surface area (Å²) in [6.07, 6.45) is 0. The van der Waals surface area contributed by atoms with Gasteiger partial charge in [0.25, 0.3) is 5.56 Å². The van der Waals surface area contributed by atoms with Crippen LogP contribution in [-0.4, -0.2) is 9.97 Å². The van der Waals surface area contributed by atoms with E-state index in [4.69, 9.17) is 11.6 Å². The van der Waals surface area contributed by atoms with Gasteiger partial charge in [-0.1, -0.05) is 35.4 Å². The molecule has 0 aliphatic carbocycles. The Hall–Kier alpha value is -2.66. The zero-order valence-corrected chi connectivity index (χ0v) is 13.0. The van der Waals surface area contributed by atoms with Gasteiger partial charge in [0.05, 0.1) is 16.4 Å². The fourth-order valence-electron chi connectivity index (χ4n) is 2.19. The maximum absolute atomic E-state index is 13.3. The Bertz CT molecular complexity index is 924. The largest absolute Gasteiger partial charge is 0.324 e. The molecule has 0 unspecified atom stereocenters. The van der Waals surface area contributed by atoms with Gasteiger partial charge in [-0.05, 0) is 31.2 Å². The van der Waals surface area contributed by atoms with Gasteiger partial charge in [-0.3, -0.25) is 9.78 Å². The number of nitrogens with zero attached hydrogens (tertiary/aromatic N) is 1. The molecule has 0 bridgehead atoms. The summed E-state index contributed by atoms with van der Waals surface area (Å²) in [7, 11) is 0. The lowest BCUT2D eigenvalue weighted by atomic mass is 10.1. The molecule has 116 valence electrons. The summed E-state index contributed by atoms with van der Waals surface area (Å²) in [5, 5.41) is 3.17. The Morgan fingerprint density at radius 3 is 2.78 bits per heavy atom. The van der Waals surface area contributed by atoms with Crippen molar-refractivity contribution >= 4 is 23.2 Å². The second kappa shape index (κ2) is 6.22. The molecule has 0 amide bonds. The Kier molecular flexibility index (Phi) is 4.12. The van der Waals surface area contributed by atoms with E-state index in [-0.39, 0.29) is 11.5 Å². The van der Waals surface area contributed by atoms with Crippen LogP contribution < -0.4 is 10.9 Å². The van der Waals surface area contributed by atoms with Gasteiger partial charge < -0.3 is 5.32 Å². The highest BCUT2D eigenvalue weighted by atomic mass is 35.5. The molecular formula is C17H13ClFN3O. The molecule has 0 radical (unpaired) electrons. The minimum atomic E-state index is -0.436. The molecule has 3 rings (SSSR count). The number of hydrogen-bond acceptors (Lipinski definition) is 3. The van der Waals surface area contributed by atoms with Crippen LogP contribution in [0.5, 0.6) is 0 Å². The van der Waals surface area contributed by atoms with E-state index in [9.17, 15) is 9.18 Å². The van der Waals surface area contributed by atoms with E-state index in [1.54, 1.807) is 0 Å². The summed E-state index contributed by atoms with van der Waals surface area (Å²) in [6, 6.07) is 13.0. The second-order valence-electron chi connectivity index (χ2n) is 5.10. The van der Waals surface area contributed by atoms with Crippen LogP contribution in [0.3, 0.4) is 0 Å². The zero-order chi connectivity index (χ0) is 16.4. The van der Waals surface area contributed by atoms with Gasteiger partial charge >= 0.3 is 0 Å². The number of aryl methyl sites for hydroxylation is 1. The molecule has 0 aliphatic rings. The monoisotopic (exact) mass is 329 g/mol. The van der Waals surface area contributed by atoms with Gasteiger partial charge in [0.2, 0.25) is 5.95 Å². The van der Waals surface area contributed by atoms with E-state index in [1.165, 1.54) is 24.3 Å². The van der Waals surface area contributed by atoms with Crippen molar-refractivity contribution in [2.45, 2.75) is 6.92 Å². The van der Waals surface area contributed by atoms with Crippen LogP contribution in [0.2, 0.25) is 5.02 Å². The number of halogens is 2. The maximum Gasteiger partial charge on any atom is 0.252 e. The molecule has 0 spiro atoms. The Morgan fingerprint density at radius 2 is 2.00 bits per heavy atom. The lowest BCUT2D eigenvalue weighted by Crippen LogP contribution is -2.10. The molecule has 0 aliphatic heterocycles. The third kappa shape index (κ3) is 3.57. The number of aromatic amines is 1. The van der Waals surface area contributed by atoms with Gasteiger partial charge in [0.15, 0.2) is 0 Å². The quantitative estimate of drug-likeness (QED) is 0.754. The molecule has 1 heterocycles. The molecule has 0 fully saturated rings. The van der Waals surface area contributed by atoms with Crippen molar-refractivity contribution < 1.29 is 4.39 Å². The minimum absolute atomic E-state index is 0.196. The summed E-state index contributed by atoms with van der Waals surface area (Å²) in [6.45, 7) is 1.96. The van der Waals surface area contributed by atoms with Crippen molar-refractivity contribution in [3.63, 3.8) is 0 Å². The fourth-order valence-corrected chi connectivity index (χ4v) is 2.35. The van der Waals surface area contributed by atoms with E-state index in [0.717, 1.165) is 11.1 Å². The molecule has 3 aromatic rings. The first kappa shape index (κ1) is 15.2. The molecule has 4 nitrogen and oxygen atoms in total. The first-order valence-electron chi connectivity index (χ1n) is 6.92. The van der Waals surface area contributed by atoms with Gasteiger partial charge in [-0.25, -0.2) is 9.37 Å². The molecule has 0 saturated carbocycles. The summed E-state index contributed by atoms with van der Waals surface area (Å²) in [5.41, 5.74) is 2.42. The predicted octanol–water partition coefficient (Wildman–Crippen LogP) is 4.28. The number of nitrogens with one attached hydrogen (secondary N) is 2. The average molecular weight is 330 g/mol. The van der Waals surface area contributed by atoms with E-state index in [1.807, 2.05) is 31.2 Å². The lowest BCUT2D eigenvalue weighted by Gasteiger charge is -2.09. The number of aromatic nitrogens is 2. The van der Waals surface area contributed by atoms with Crippen molar-refractivity contribution in [1.29, 1.82) is 0 Å². The minimum Gasteiger partial charge on any atom is -0.324 e. The Morgan fingerprint density at radius 1 is 1.17 bits per heavy atom. The van der Waals surface area contributed by atoms with Crippen LogP contribution in [0.25, 0.3) is 11.3 Å². The van der Waals surface area contributed by atoms with Crippen LogP contribution in [0.1, 0.15) is 5.56 Å². The van der Waals surface area contributed by atoms with E-state index < -0.39 is 5.82 Å². The summed E-state index contributed by atoms with van der Waals surface area (Å²) in [5.74, 6) is -0.240. The van der Waals surface area contributed by atoms with E-state index in [2.05, 4.69) is 15.3 Å². The van der Waals surface area contributed by atoms with Crippen molar-refractivity contribution in [2.75, 3.05) is 5.32 Å². The molecule has 0 saturated heterocycles. The van der Waals surface area contributed by atoms with Crippen molar-refractivity contribution in [3.05, 3.63) is 75.3 Å². The average Bonchev–Trinajstić information content (AvgIpc) is 2.50. The Labute approximate surface area is 137 Å². The molecule has 23 heavy (non-hydrogen) atoms. The zero-order valence-electron chi connectivity index (χ0n) is 12.2. The SMILES string of the molecule is Cc1cccc(-c2cc(=O)[nH]c(Nc3cc(F)ccc3Cl)n2)c1. The van der Waals surface area contributed by atoms with Crippen molar-refractivity contribution in [3.8, 4) is 11.3 Å². The highest BCUT2D eigenvalue weighted by Gasteiger charge is 2.07. The third-order valence-corrected chi connectivity index (χ3v) is 3.57. The standard InChI is InChI=1S/C17H13ClFN3O/c1-10-3-2-4-11(7-10)14-9-16(23)22-17(20-14)21-15-8-12(19)5-6-13(15)18/h2-9H,1H3,(H2,20,21,22,23). The van der Waals surface area contributed by atoms with Crippen molar-refractivity contribution in [1.82, 2.24) is 9.97 Å². The van der Waals surface area contributed by atoms with Crippen LogP contribution >= 0.6 is 11.6 Å². The van der Waals surface area contributed by atoms with Gasteiger partial charge in [0.1, 0.15) is 5.82 Å². The smallest absolute Gasteiger partial charge is 0.252 e. The molecule has 2 aromatic carbocycles. The number of anilines is 2. The molecule has 6 heteroatoms. The van der Waals surface area contributed by atoms with E-state index in [0.29, 0.717) is 16.4 Å². The first-order chi connectivity index (χ1) is 11.0. The van der Waals surface area contributed by atoms with Crippen LogP contribution in [-0.2, 0) is 0 Å². The normalized spacial score (nSPS) is 10.6. The Balaban J connectivity index is 2.01. The second-order valence-corrected chi connectivity index (χ2v) is 5.51. The summed E-state index contributed by atoms with van der Waals surface area (Å²) in [4.78, 5) is 18.8. The van der Waals surface area contributed by atoms with Crippen molar-refractivity contribution in [2.24, 2.45) is 0 Å². The molecular weight excluding hydrogens is 317 g/mol. The summed E-state index contributed by atoms with van der Waals surface area (Å²) >= 11 is 6.01. The van der Waals surface area contributed by atoms with Crippen LogP contribution in [0.4, 0.5) is 16.0 Å². The fraction of sp³-hybridized carbons (Fsp3) is 0.0588. The predicted molar refractivity (Wildman–Crippen MR) is 89.7 cm³/mol. The van der Waals surface area contributed by atoms with E-state index >= 15 is 0 Å².